The van der Waals surface area contributed by atoms with Crippen molar-refractivity contribution < 1.29 is 15.0 Å². The van der Waals surface area contributed by atoms with E-state index < -0.39 is 17.1 Å². The van der Waals surface area contributed by atoms with Crippen LogP contribution in [-0.2, 0) is 11.2 Å². The largest absolute Gasteiger partial charge is 0.545 e. The van der Waals surface area contributed by atoms with Gasteiger partial charge in [-0.05, 0) is 17.7 Å². The summed E-state index contributed by atoms with van der Waals surface area (Å²) in [7, 11) is 0. The molecule has 20 heavy (non-hydrogen) atoms. The molecule has 0 atom stereocenters. The van der Waals surface area contributed by atoms with Crippen LogP contribution in [0.3, 0.4) is 0 Å². The zero-order chi connectivity index (χ0) is 14.7. The monoisotopic (exact) mass is 271 g/mol. The van der Waals surface area contributed by atoms with Crippen molar-refractivity contribution in [3.63, 3.8) is 0 Å². The average Bonchev–Trinajstić information content (AvgIpc) is 2.45. The average molecular weight is 271 g/mol. The molecule has 6 nitrogen and oxygen atoms in total. The first-order chi connectivity index (χ1) is 9.50. The zero-order valence-corrected chi connectivity index (χ0v) is 10.4. The van der Waals surface area contributed by atoms with Gasteiger partial charge in [0.25, 0.3) is 0 Å². The number of aromatic amines is 1. The molecule has 2 rings (SSSR count). The SMILES string of the molecule is C=C(Cc1c(-c2ccccn2)[nH]cc(O)c1=O)C(=O)[O-]. The summed E-state index contributed by atoms with van der Waals surface area (Å²) < 4.78 is 0. The molecule has 0 saturated heterocycles. The van der Waals surface area contributed by atoms with Crippen LogP contribution in [0.15, 0.2) is 47.5 Å². The molecule has 0 amide bonds. The molecule has 6 heteroatoms. The lowest BCUT2D eigenvalue weighted by atomic mass is 10.0. The second-order valence-corrected chi connectivity index (χ2v) is 4.14. The number of carboxylic acids is 1. The number of aromatic hydroxyl groups is 1. The van der Waals surface area contributed by atoms with Gasteiger partial charge in [0.15, 0.2) is 5.75 Å². The third-order valence-corrected chi connectivity index (χ3v) is 2.76. The van der Waals surface area contributed by atoms with Gasteiger partial charge >= 0.3 is 0 Å². The minimum Gasteiger partial charge on any atom is -0.545 e. The summed E-state index contributed by atoms with van der Waals surface area (Å²) in [4.78, 5) is 29.5. The minimum absolute atomic E-state index is 0.0814. The van der Waals surface area contributed by atoms with Gasteiger partial charge in [0.1, 0.15) is 0 Å². The molecule has 102 valence electrons. The molecular formula is C14H11N2O4-. The number of aromatic nitrogens is 2. The fourth-order valence-electron chi connectivity index (χ4n) is 1.75. The van der Waals surface area contributed by atoms with Crippen molar-refractivity contribution in [1.82, 2.24) is 9.97 Å². The third-order valence-electron chi connectivity index (χ3n) is 2.76. The molecule has 0 unspecified atom stereocenters. The summed E-state index contributed by atoms with van der Waals surface area (Å²) in [6, 6.07) is 5.10. The van der Waals surface area contributed by atoms with Gasteiger partial charge < -0.3 is 20.0 Å². The van der Waals surface area contributed by atoms with E-state index in [1.165, 1.54) is 6.20 Å². The van der Waals surface area contributed by atoms with Gasteiger partial charge in [-0.2, -0.15) is 0 Å². The molecule has 0 bridgehead atoms. The topological polar surface area (TPSA) is 106 Å². The quantitative estimate of drug-likeness (QED) is 0.761. The fraction of sp³-hybridized carbons (Fsp3) is 0.0714. The van der Waals surface area contributed by atoms with Crippen molar-refractivity contribution in [2.45, 2.75) is 6.42 Å². The summed E-state index contributed by atoms with van der Waals surface area (Å²) in [6.07, 6.45) is 2.44. The molecule has 0 aliphatic rings. The lowest BCUT2D eigenvalue weighted by Gasteiger charge is -2.11. The number of hydrogen-bond acceptors (Lipinski definition) is 5. The molecule has 0 fully saturated rings. The van der Waals surface area contributed by atoms with Gasteiger partial charge in [0.05, 0.1) is 17.4 Å². The van der Waals surface area contributed by atoms with E-state index in [2.05, 4.69) is 16.5 Å². The first-order valence-corrected chi connectivity index (χ1v) is 5.74. The maximum absolute atomic E-state index is 12.0. The van der Waals surface area contributed by atoms with E-state index in [1.54, 1.807) is 18.2 Å². The van der Waals surface area contributed by atoms with Gasteiger partial charge in [0.2, 0.25) is 5.43 Å². The Labute approximate surface area is 114 Å². The molecule has 2 heterocycles. The number of carbonyl (C=O) groups excluding carboxylic acids is 1. The Hall–Kier alpha value is -2.89. The van der Waals surface area contributed by atoms with Gasteiger partial charge in [-0.3, -0.25) is 9.78 Å². The van der Waals surface area contributed by atoms with Crippen LogP contribution in [0, 0.1) is 0 Å². The highest BCUT2D eigenvalue weighted by Crippen LogP contribution is 2.20. The van der Waals surface area contributed by atoms with Crippen LogP contribution < -0.4 is 10.5 Å². The summed E-state index contributed by atoms with van der Waals surface area (Å²) in [5.74, 6) is -1.94. The van der Waals surface area contributed by atoms with E-state index in [0.29, 0.717) is 11.4 Å². The maximum atomic E-state index is 12.0. The number of aliphatic carboxylic acids is 1. The van der Waals surface area contributed by atoms with Gasteiger partial charge in [-0.1, -0.05) is 12.6 Å². The highest BCUT2D eigenvalue weighted by Gasteiger charge is 2.15. The van der Waals surface area contributed by atoms with Crippen LogP contribution in [0.2, 0.25) is 0 Å². The predicted molar refractivity (Wildman–Crippen MR) is 69.8 cm³/mol. The number of rotatable bonds is 4. The Morgan fingerprint density at radius 1 is 1.45 bits per heavy atom. The molecule has 2 aromatic rings. The standard InChI is InChI=1S/C14H12N2O4/c1-8(14(19)20)6-9-12(10-4-2-3-5-15-10)16-7-11(17)13(9)18/h2-5,7,17H,1,6H2,(H,16,18)(H,19,20)/p-1. The van der Waals surface area contributed by atoms with Crippen LogP contribution in [0.25, 0.3) is 11.4 Å². The molecular weight excluding hydrogens is 260 g/mol. The number of nitrogens with zero attached hydrogens (tertiary/aromatic N) is 1. The number of nitrogens with one attached hydrogen (secondary N) is 1. The molecule has 2 N–H and O–H groups in total. The molecule has 0 radical (unpaired) electrons. The highest BCUT2D eigenvalue weighted by molar-refractivity contribution is 5.84. The predicted octanol–water partition coefficient (Wildman–Crippen LogP) is -0.00890. The summed E-state index contributed by atoms with van der Waals surface area (Å²) in [5, 5.41) is 20.2. The first kappa shape index (κ1) is 13.5. The number of hydrogen-bond donors (Lipinski definition) is 2. The number of H-pyrrole nitrogens is 1. The van der Waals surface area contributed by atoms with E-state index in [1.807, 2.05) is 0 Å². The third kappa shape index (κ3) is 2.59. The molecule has 0 saturated carbocycles. The van der Waals surface area contributed by atoms with Crippen LogP contribution in [-0.4, -0.2) is 21.0 Å². The number of carboxylic acid groups (broad SMARTS) is 1. The Kier molecular flexibility index (Phi) is 3.65. The van der Waals surface area contributed by atoms with Crippen molar-refractivity contribution >= 4 is 5.97 Å². The Morgan fingerprint density at radius 2 is 2.20 bits per heavy atom. The second-order valence-electron chi connectivity index (χ2n) is 4.14. The van der Waals surface area contributed by atoms with Crippen molar-refractivity contribution in [3.05, 3.63) is 58.5 Å². The Morgan fingerprint density at radius 3 is 2.80 bits per heavy atom. The van der Waals surface area contributed by atoms with Crippen LogP contribution in [0.1, 0.15) is 5.56 Å². The second kappa shape index (κ2) is 5.40. The summed E-state index contributed by atoms with van der Waals surface area (Å²) in [6.45, 7) is 3.34. The van der Waals surface area contributed by atoms with Gasteiger partial charge in [-0.15, -0.1) is 0 Å². The number of pyridine rings is 2. The van der Waals surface area contributed by atoms with Crippen LogP contribution in [0.4, 0.5) is 0 Å². The van der Waals surface area contributed by atoms with Gasteiger partial charge in [0, 0.05) is 24.4 Å². The van der Waals surface area contributed by atoms with E-state index in [4.69, 9.17) is 0 Å². The maximum Gasteiger partial charge on any atom is 0.227 e. The lowest BCUT2D eigenvalue weighted by molar-refractivity contribution is -0.299. The molecule has 2 aromatic heterocycles. The van der Waals surface area contributed by atoms with Gasteiger partial charge in [-0.25, -0.2) is 0 Å². The van der Waals surface area contributed by atoms with Crippen LogP contribution >= 0.6 is 0 Å². The van der Waals surface area contributed by atoms with Crippen LogP contribution in [0.5, 0.6) is 5.75 Å². The van der Waals surface area contributed by atoms with Crippen molar-refractivity contribution in [3.8, 4) is 17.1 Å². The Bertz CT molecular complexity index is 720. The molecule has 0 aliphatic carbocycles. The van der Waals surface area contributed by atoms with E-state index in [9.17, 15) is 19.8 Å². The lowest BCUT2D eigenvalue weighted by Crippen LogP contribution is -2.26. The highest BCUT2D eigenvalue weighted by atomic mass is 16.4. The van der Waals surface area contributed by atoms with E-state index >= 15 is 0 Å². The fourth-order valence-corrected chi connectivity index (χ4v) is 1.75. The molecule has 0 aliphatic heterocycles. The summed E-state index contributed by atoms with van der Waals surface area (Å²) in [5.41, 5.74) is -0.0236. The zero-order valence-electron chi connectivity index (χ0n) is 10.4. The van der Waals surface area contributed by atoms with E-state index in [0.717, 1.165) is 6.20 Å². The van der Waals surface area contributed by atoms with E-state index in [-0.39, 0.29) is 17.6 Å². The normalized spacial score (nSPS) is 10.2. The van der Waals surface area contributed by atoms with Crippen molar-refractivity contribution in [1.29, 1.82) is 0 Å². The van der Waals surface area contributed by atoms with Crippen molar-refractivity contribution in [2.75, 3.05) is 0 Å². The minimum atomic E-state index is -1.44. The number of carbonyl (C=O) groups is 1. The summed E-state index contributed by atoms with van der Waals surface area (Å²) >= 11 is 0. The Balaban J connectivity index is 2.58. The molecule has 0 aromatic carbocycles. The van der Waals surface area contributed by atoms with Crippen molar-refractivity contribution in [2.24, 2.45) is 0 Å². The molecule has 0 spiro atoms. The smallest absolute Gasteiger partial charge is 0.227 e. The first-order valence-electron chi connectivity index (χ1n) is 5.74.